The van der Waals surface area contributed by atoms with E-state index < -0.39 is 0 Å². The Labute approximate surface area is 116 Å². The number of morpholine rings is 1. The highest BCUT2D eigenvalue weighted by Crippen LogP contribution is 2.31. The Morgan fingerprint density at radius 1 is 1.37 bits per heavy atom. The van der Waals surface area contributed by atoms with Gasteiger partial charge in [-0.3, -0.25) is 4.90 Å². The fourth-order valence-corrected chi connectivity index (χ4v) is 3.07. The highest BCUT2D eigenvalue weighted by Gasteiger charge is 2.33. The molecule has 1 heterocycles. The first-order valence-electron chi connectivity index (χ1n) is 7.24. The highest BCUT2D eigenvalue weighted by atomic mass is 16.5. The van der Waals surface area contributed by atoms with E-state index in [9.17, 15) is 0 Å². The average Bonchev–Trinajstić information content (AvgIpc) is 2.39. The van der Waals surface area contributed by atoms with Gasteiger partial charge in [0.05, 0.1) is 18.8 Å². The summed E-state index contributed by atoms with van der Waals surface area (Å²) in [6.45, 7) is 10.4. The zero-order valence-electron chi connectivity index (χ0n) is 12.6. The van der Waals surface area contributed by atoms with Crippen LogP contribution in [-0.2, 0) is 4.74 Å². The van der Waals surface area contributed by atoms with Crippen LogP contribution >= 0.6 is 0 Å². The monoisotopic (exact) mass is 262 g/mol. The molecule has 2 rings (SSSR count). The average molecular weight is 262 g/mol. The molecule has 1 fully saturated rings. The van der Waals surface area contributed by atoms with E-state index >= 15 is 0 Å². The summed E-state index contributed by atoms with van der Waals surface area (Å²) in [7, 11) is 1.99. The second-order valence-corrected chi connectivity index (χ2v) is 5.40. The molecule has 1 aliphatic heterocycles. The van der Waals surface area contributed by atoms with Crippen LogP contribution in [0.25, 0.3) is 0 Å². The fraction of sp³-hybridized carbons (Fsp3) is 0.625. The smallest absolute Gasteiger partial charge is 0.0896 e. The van der Waals surface area contributed by atoms with Crippen LogP contribution in [0.4, 0.5) is 0 Å². The summed E-state index contributed by atoms with van der Waals surface area (Å²) in [5.74, 6) is 0. The van der Waals surface area contributed by atoms with Crippen LogP contribution in [0.2, 0.25) is 0 Å². The lowest BCUT2D eigenvalue weighted by Gasteiger charge is -2.41. The third kappa shape index (κ3) is 3.16. The number of ether oxygens (including phenoxy) is 1. The molecule has 0 spiro atoms. The van der Waals surface area contributed by atoms with Crippen LogP contribution in [0.15, 0.2) is 18.2 Å². The molecular formula is C16H26N2O. The van der Waals surface area contributed by atoms with Crippen molar-refractivity contribution in [1.82, 2.24) is 10.2 Å². The third-order valence-electron chi connectivity index (χ3n) is 4.01. The summed E-state index contributed by atoms with van der Waals surface area (Å²) < 4.78 is 6.00. The van der Waals surface area contributed by atoms with Crippen molar-refractivity contribution in [3.63, 3.8) is 0 Å². The fourth-order valence-electron chi connectivity index (χ4n) is 3.07. The Balaban J connectivity index is 2.33. The molecule has 19 heavy (non-hydrogen) atoms. The van der Waals surface area contributed by atoms with Crippen molar-refractivity contribution >= 4 is 0 Å². The van der Waals surface area contributed by atoms with Crippen molar-refractivity contribution in [1.29, 1.82) is 0 Å². The molecule has 0 saturated carbocycles. The number of hydrogen-bond acceptors (Lipinski definition) is 3. The van der Waals surface area contributed by atoms with Crippen molar-refractivity contribution in [2.45, 2.75) is 32.9 Å². The van der Waals surface area contributed by atoms with Gasteiger partial charge >= 0.3 is 0 Å². The maximum atomic E-state index is 6.00. The number of hydrogen-bond donors (Lipinski definition) is 1. The molecule has 1 aliphatic rings. The van der Waals surface area contributed by atoms with Crippen LogP contribution in [0.3, 0.4) is 0 Å². The largest absolute Gasteiger partial charge is 0.374 e. The number of rotatable bonds is 4. The first kappa shape index (κ1) is 14.5. The molecular weight excluding hydrogens is 236 g/mol. The van der Waals surface area contributed by atoms with Crippen molar-refractivity contribution in [2.75, 3.05) is 33.3 Å². The topological polar surface area (TPSA) is 24.5 Å². The van der Waals surface area contributed by atoms with Gasteiger partial charge in [0.2, 0.25) is 0 Å². The van der Waals surface area contributed by atoms with Crippen LogP contribution in [0, 0.1) is 13.8 Å². The van der Waals surface area contributed by atoms with Gasteiger partial charge in [0.1, 0.15) is 0 Å². The van der Waals surface area contributed by atoms with E-state index in [2.05, 4.69) is 49.2 Å². The molecule has 1 aromatic rings. The van der Waals surface area contributed by atoms with Gasteiger partial charge in [-0.15, -0.1) is 0 Å². The molecule has 0 amide bonds. The zero-order chi connectivity index (χ0) is 13.8. The van der Waals surface area contributed by atoms with Crippen LogP contribution < -0.4 is 5.32 Å². The molecule has 2 unspecified atom stereocenters. The summed E-state index contributed by atoms with van der Waals surface area (Å²) in [5.41, 5.74) is 4.11. The van der Waals surface area contributed by atoms with Gasteiger partial charge in [0.25, 0.3) is 0 Å². The molecule has 2 atom stereocenters. The number of nitrogens with one attached hydrogen (secondary N) is 1. The van der Waals surface area contributed by atoms with E-state index in [0.717, 1.165) is 26.2 Å². The lowest BCUT2D eigenvalue weighted by atomic mass is 9.93. The van der Waals surface area contributed by atoms with E-state index in [-0.39, 0.29) is 6.10 Å². The molecule has 0 aliphatic carbocycles. The summed E-state index contributed by atoms with van der Waals surface area (Å²) in [4.78, 5) is 2.53. The Bertz CT molecular complexity index is 417. The molecule has 106 valence electrons. The minimum absolute atomic E-state index is 0.236. The minimum atomic E-state index is 0.236. The SMILES string of the molecule is CCN1CCOC(CNC)C1c1ccc(C)cc1C. The molecule has 3 heteroatoms. The lowest BCUT2D eigenvalue weighted by Crippen LogP contribution is -2.48. The van der Waals surface area contributed by atoms with Crippen LogP contribution in [0.1, 0.15) is 29.7 Å². The summed E-state index contributed by atoms with van der Waals surface area (Å²) in [5, 5.41) is 3.26. The summed E-state index contributed by atoms with van der Waals surface area (Å²) >= 11 is 0. The van der Waals surface area contributed by atoms with Gasteiger partial charge in [-0.25, -0.2) is 0 Å². The van der Waals surface area contributed by atoms with Crippen molar-refractivity contribution < 1.29 is 4.74 Å². The summed E-state index contributed by atoms with van der Waals surface area (Å²) in [6, 6.07) is 7.12. The van der Waals surface area contributed by atoms with Gasteiger partial charge < -0.3 is 10.1 Å². The second-order valence-electron chi connectivity index (χ2n) is 5.40. The molecule has 3 nitrogen and oxygen atoms in total. The van der Waals surface area contributed by atoms with E-state index in [1.54, 1.807) is 0 Å². The van der Waals surface area contributed by atoms with Gasteiger partial charge in [-0.1, -0.05) is 30.7 Å². The lowest BCUT2D eigenvalue weighted by molar-refractivity contribution is -0.0688. The van der Waals surface area contributed by atoms with E-state index in [0.29, 0.717) is 6.04 Å². The van der Waals surface area contributed by atoms with Gasteiger partial charge in [-0.2, -0.15) is 0 Å². The molecule has 1 aromatic carbocycles. The second kappa shape index (κ2) is 6.51. The van der Waals surface area contributed by atoms with Crippen molar-refractivity contribution in [2.24, 2.45) is 0 Å². The van der Waals surface area contributed by atoms with Gasteiger partial charge in [0, 0.05) is 13.1 Å². The van der Waals surface area contributed by atoms with Gasteiger partial charge in [-0.05, 0) is 38.6 Å². The van der Waals surface area contributed by atoms with Crippen LogP contribution in [-0.4, -0.2) is 44.3 Å². The van der Waals surface area contributed by atoms with Gasteiger partial charge in [0.15, 0.2) is 0 Å². The molecule has 0 radical (unpaired) electrons. The Morgan fingerprint density at radius 2 is 2.16 bits per heavy atom. The predicted octanol–water partition coefficient (Wildman–Crippen LogP) is 2.28. The number of likely N-dealkylation sites (N-methyl/N-ethyl adjacent to an activating group) is 2. The molecule has 0 aromatic heterocycles. The van der Waals surface area contributed by atoms with Crippen molar-refractivity contribution in [3.05, 3.63) is 34.9 Å². The number of aryl methyl sites for hydroxylation is 2. The standard InChI is InChI=1S/C16H26N2O/c1-5-18-8-9-19-15(11-17-4)16(18)14-7-6-12(2)10-13(14)3/h6-7,10,15-17H,5,8-9,11H2,1-4H3. The maximum absolute atomic E-state index is 6.00. The quantitative estimate of drug-likeness (QED) is 0.901. The summed E-state index contributed by atoms with van der Waals surface area (Å²) in [6.07, 6.45) is 0.236. The van der Waals surface area contributed by atoms with E-state index in [1.165, 1.54) is 16.7 Å². The molecule has 1 saturated heterocycles. The minimum Gasteiger partial charge on any atom is -0.374 e. The Morgan fingerprint density at radius 3 is 2.79 bits per heavy atom. The molecule has 1 N–H and O–H groups in total. The first-order valence-corrected chi connectivity index (χ1v) is 7.24. The first-order chi connectivity index (χ1) is 9.17. The predicted molar refractivity (Wildman–Crippen MR) is 79.6 cm³/mol. The Hall–Kier alpha value is -0.900. The van der Waals surface area contributed by atoms with E-state index in [4.69, 9.17) is 4.74 Å². The highest BCUT2D eigenvalue weighted by molar-refractivity contribution is 5.34. The molecule has 0 bridgehead atoms. The number of nitrogens with zero attached hydrogens (tertiary/aromatic N) is 1. The Kier molecular flexibility index (Phi) is 4.97. The van der Waals surface area contributed by atoms with Crippen LogP contribution in [0.5, 0.6) is 0 Å². The van der Waals surface area contributed by atoms with Crippen molar-refractivity contribution in [3.8, 4) is 0 Å². The van der Waals surface area contributed by atoms with E-state index in [1.807, 2.05) is 7.05 Å². The zero-order valence-corrected chi connectivity index (χ0v) is 12.6. The number of benzene rings is 1. The maximum Gasteiger partial charge on any atom is 0.0896 e. The normalized spacial score (nSPS) is 24.6. The third-order valence-corrected chi connectivity index (χ3v) is 4.01.